The Morgan fingerprint density at radius 3 is 0.896 bits per heavy atom. The summed E-state index contributed by atoms with van der Waals surface area (Å²) in [5.74, 6) is -0.779. The highest BCUT2D eigenvalue weighted by Gasteiger charge is 2.27. The molecule has 0 aliphatic rings. The highest BCUT2D eigenvalue weighted by molar-refractivity contribution is 7.47. The minimum Gasteiger partial charge on any atom is -0.462 e. The fourth-order valence-corrected chi connectivity index (χ4v) is 12.9. The summed E-state index contributed by atoms with van der Waals surface area (Å²) in [6.07, 6.45) is 106. The summed E-state index contributed by atoms with van der Waals surface area (Å²) >= 11 is 0. The number of hydrogen-bond donors (Lipinski definition) is 1. The van der Waals surface area contributed by atoms with Gasteiger partial charge in [-0.15, -0.1) is 0 Å². The van der Waals surface area contributed by atoms with E-state index in [2.05, 4.69) is 98.9 Å². The molecule has 0 saturated heterocycles. The van der Waals surface area contributed by atoms with Crippen LogP contribution in [0.5, 0.6) is 0 Å². The molecule has 0 fully saturated rings. The second-order valence-electron chi connectivity index (χ2n) is 29.1. The predicted octanol–water partition coefficient (Wildman–Crippen LogP) is 27.6. The van der Waals surface area contributed by atoms with Crippen molar-refractivity contribution in [1.82, 2.24) is 0 Å². The number of esters is 2. The fourth-order valence-electron chi connectivity index (χ4n) is 12.1. The number of rotatable bonds is 77. The molecule has 0 aliphatic carbocycles. The Hall–Kier alpha value is -2.81. The van der Waals surface area contributed by atoms with Crippen LogP contribution in [0.1, 0.15) is 399 Å². The number of nitrogens with zero attached hydrogens (tertiary/aromatic N) is 1. The SMILES string of the molecule is CC/C=C\C/C=C\C/C=C\C/C=C\C/C=C\C/C=C\CCCCCCCCCCCCCCCCCCC(=O)OC(COC(=O)CCCCCCCCCCCCCCCCCCCCCCCCCCC/C=C\CCCCCCCCCC)COP(=O)(O)OCC[N+](C)(C)C. The number of phosphoric ester groups is 1. The Bertz CT molecular complexity index is 1900. The third-order valence-corrected chi connectivity index (χ3v) is 19.4. The van der Waals surface area contributed by atoms with Crippen molar-refractivity contribution in [2.75, 3.05) is 47.5 Å². The molecule has 9 nitrogen and oxygen atoms in total. The van der Waals surface area contributed by atoms with Gasteiger partial charge in [0.05, 0.1) is 27.7 Å². The summed E-state index contributed by atoms with van der Waals surface area (Å²) < 4.78 is 34.9. The van der Waals surface area contributed by atoms with Gasteiger partial charge >= 0.3 is 19.8 Å². The second-order valence-corrected chi connectivity index (χ2v) is 30.6. The number of ether oxygens (including phenoxy) is 2. The molecule has 1 N–H and O–H groups in total. The Morgan fingerprint density at radius 1 is 0.333 bits per heavy atom. The molecule has 2 atom stereocenters. The van der Waals surface area contributed by atoms with Gasteiger partial charge in [-0.2, -0.15) is 0 Å². The van der Waals surface area contributed by atoms with Crippen LogP contribution >= 0.6 is 7.82 Å². The molecular weight excluding hydrogens is 1210 g/mol. The Labute approximate surface area is 596 Å². The van der Waals surface area contributed by atoms with E-state index in [1.807, 2.05) is 21.1 Å². The van der Waals surface area contributed by atoms with Crippen LogP contribution in [0.15, 0.2) is 85.1 Å². The van der Waals surface area contributed by atoms with Gasteiger partial charge < -0.3 is 18.9 Å². The maximum Gasteiger partial charge on any atom is 0.472 e. The lowest BCUT2D eigenvalue weighted by Crippen LogP contribution is -2.37. The van der Waals surface area contributed by atoms with Crippen LogP contribution in [-0.2, 0) is 32.7 Å². The van der Waals surface area contributed by atoms with Crippen LogP contribution in [0.2, 0.25) is 0 Å². The molecule has 0 bridgehead atoms. The van der Waals surface area contributed by atoms with Crippen molar-refractivity contribution >= 4 is 19.8 Å². The lowest BCUT2D eigenvalue weighted by Gasteiger charge is -2.24. The quantitative estimate of drug-likeness (QED) is 0.0211. The second kappa shape index (κ2) is 76.4. The van der Waals surface area contributed by atoms with Crippen molar-refractivity contribution in [3.8, 4) is 0 Å². The topological polar surface area (TPSA) is 108 Å². The van der Waals surface area contributed by atoms with E-state index in [-0.39, 0.29) is 25.6 Å². The third-order valence-electron chi connectivity index (χ3n) is 18.4. The van der Waals surface area contributed by atoms with E-state index in [1.54, 1.807) is 0 Å². The van der Waals surface area contributed by atoms with Gasteiger partial charge in [-0.3, -0.25) is 18.6 Å². The molecule has 0 amide bonds. The lowest BCUT2D eigenvalue weighted by molar-refractivity contribution is -0.870. The van der Waals surface area contributed by atoms with E-state index >= 15 is 0 Å². The van der Waals surface area contributed by atoms with E-state index in [4.69, 9.17) is 18.5 Å². The number of phosphoric acid groups is 1. The number of allylic oxidation sites excluding steroid dienone is 14. The minimum absolute atomic E-state index is 0.0320. The first-order valence-corrected chi connectivity index (χ1v) is 42.8. The van der Waals surface area contributed by atoms with Crippen LogP contribution in [0.3, 0.4) is 0 Å². The van der Waals surface area contributed by atoms with Gasteiger partial charge in [0, 0.05) is 12.8 Å². The van der Waals surface area contributed by atoms with Gasteiger partial charge in [-0.05, 0) is 89.9 Å². The van der Waals surface area contributed by atoms with Crippen molar-refractivity contribution in [2.45, 2.75) is 405 Å². The average Bonchev–Trinajstić information content (AvgIpc) is 2.74. The first-order valence-electron chi connectivity index (χ1n) is 41.3. The Balaban J connectivity index is 3.92. The van der Waals surface area contributed by atoms with E-state index in [1.165, 1.54) is 295 Å². The molecule has 0 radical (unpaired) electrons. The molecule has 0 aromatic rings. The first kappa shape index (κ1) is 93.2. The molecule has 0 rings (SSSR count). The molecule has 0 saturated carbocycles. The monoisotopic (exact) mass is 1370 g/mol. The van der Waals surface area contributed by atoms with E-state index in [9.17, 15) is 19.0 Å². The van der Waals surface area contributed by atoms with Gasteiger partial charge in [0.25, 0.3) is 0 Å². The molecule has 96 heavy (non-hydrogen) atoms. The largest absolute Gasteiger partial charge is 0.472 e. The molecule has 0 aromatic carbocycles. The van der Waals surface area contributed by atoms with Crippen LogP contribution in [0.4, 0.5) is 0 Å². The molecule has 0 aliphatic heterocycles. The predicted molar refractivity (Wildman–Crippen MR) is 418 cm³/mol. The van der Waals surface area contributed by atoms with Gasteiger partial charge in [0.1, 0.15) is 19.8 Å². The number of hydrogen-bond acceptors (Lipinski definition) is 7. The standard InChI is InChI=1S/C86H158NO8P/c1-6-8-10-12-14-16-18-20-22-24-26-28-30-32-34-36-38-40-42-43-45-46-48-50-52-54-56-58-60-62-64-66-68-70-72-74-76-78-85(88)92-82-84(83-94-96(90,91)93-81-80-87(3,4)5)95-86(89)79-77-75-73-71-69-67-65-63-61-59-57-55-53-51-49-47-44-41-39-37-35-33-31-29-27-25-23-21-19-17-15-13-11-9-7-2/h9,11,15,17,21,23-24,26-27,29,33,35,39,41,84H,6-8,10,12-14,16,18-20,22,25,28,30-32,34,36-38,40,42-83H2,1-5H3/p+1/b11-9-,17-15-,23-21-,26-24-,29-27-,35-33-,41-39-. The van der Waals surface area contributed by atoms with Crippen LogP contribution in [0, 0.1) is 0 Å². The number of quaternary nitrogens is 1. The summed E-state index contributed by atoms with van der Waals surface area (Å²) in [6, 6.07) is 0. The maximum atomic E-state index is 12.9. The molecule has 0 aromatic heterocycles. The molecular formula is C86H159NO8P+. The van der Waals surface area contributed by atoms with Gasteiger partial charge in [0.15, 0.2) is 6.10 Å². The zero-order chi connectivity index (χ0) is 69.7. The third kappa shape index (κ3) is 80.2. The Morgan fingerprint density at radius 2 is 0.594 bits per heavy atom. The van der Waals surface area contributed by atoms with Gasteiger partial charge in [0.2, 0.25) is 0 Å². The first-order chi connectivity index (χ1) is 47.0. The van der Waals surface area contributed by atoms with E-state index < -0.39 is 26.5 Å². The lowest BCUT2D eigenvalue weighted by atomic mass is 10.0. The molecule has 560 valence electrons. The van der Waals surface area contributed by atoms with Crippen molar-refractivity contribution < 1.29 is 42.1 Å². The molecule has 0 heterocycles. The van der Waals surface area contributed by atoms with E-state index in [0.29, 0.717) is 23.9 Å². The fraction of sp³-hybridized carbons (Fsp3) is 0.814. The van der Waals surface area contributed by atoms with E-state index in [0.717, 1.165) is 70.6 Å². The summed E-state index contributed by atoms with van der Waals surface area (Å²) in [6.45, 7) is 4.38. The number of likely N-dealkylation sites (N-methyl/N-ethyl adjacent to an activating group) is 1. The van der Waals surface area contributed by atoms with Crippen molar-refractivity contribution in [3.05, 3.63) is 85.1 Å². The number of carbonyl (C=O) groups excluding carboxylic acids is 2. The number of unbranched alkanes of at least 4 members (excludes halogenated alkanes) is 49. The highest BCUT2D eigenvalue weighted by Crippen LogP contribution is 2.43. The van der Waals surface area contributed by atoms with Crippen LogP contribution in [-0.4, -0.2) is 74.9 Å². The smallest absolute Gasteiger partial charge is 0.462 e. The van der Waals surface area contributed by atoms with Crippen molar-refractivity contribution in [3.63, 3.8) is 0 Å². The molecule has 10 heteroatoms. The van der Waals surface area contributed by atoms with Gasteiger partial charge in [-0.1, -0.05) is 381 Å². The zero-order valence-corrected chi connectivity index (χ0v) is 65.0. The molecule has 0 spiro atoms. The summed E-state index contributed by atoms with van der Waals surface area (Å²) in [7, 11) is 1.49. The van der Waals surface area contributed by atoms with Crippen LogP contribution in [0.25, 0.3) is 0 Å². The average molecular weight is 1370 g/mol. The summed E-state index contributed by atoms with van der Waals surface area (Å²) in [4.78, 5) is 36.0. The van der Waals surface area contributed by atoms with Gasteiger partial charge in [-0.25, -0.2) is 4.57 Å². The van der Waals surface area contributed by atoms with Crippen molar-refractivity contribution in [1.29, 1.82) is 0 Å². The zero-order valence-electron chi connectivity index (χ0n) is 64.1. The van der Waals surface area contributed by atoms with Crippen LogP contribution < -0.4 is 0 Å². The highest BCUT2D eigenvalue weighted by atomic mass is 31.2. The normalized spacial score (nSPS) is 13.4. The number of carbonyl (C=O) groups is 2. The maximum absolute atomic E-state index is 12.9. The summed E-state index contributed by atoms with van der Waals surface area (Å²) in [5, 5.41) is 0. The summed E-state index contributed by atoms with van der Waals surface area (Å²) in [5.41, 5.74) is 0. The minimum atomic E-state index is -4.40. The molecule has 2 unspecified atom stereocenters. The van der Waals surface area contributed by atoms with Crippen molar-refractivity contribution in [2.24, 2.45) is 0 Å². The Kier molecular flexibility index (Phi) is 74.1.